The SMILES string of the molecule is COc1ccccc1NS(=O)(=O)c1ccc(/C=C/C(=O)Nc2cccc(F)c2)cc1. The third kappa shape index (κ3) is 5.45. The zero-order valence-corrected chi connectivity index (χ0v) is 16.8. The largest absolute Gasteiger partial charge is 0.495 e. The summed E-state index contributed by atoms with van der Waals surface area (Å²) >= 11 is 0. The third-order valence-electron chi connectivity index (χ3n) is 4.06. The lowest BCUT2D eigenvalue weighted by molar-refractivity contribution is -0.111. The topological polar surface area (TPSA) is 84.5 Å². The van der Waals surface area contributed by atoms with Gasteiger partial charge in [0.25, 0.3) is 10.0 Å². The van der Waals surface area contributed by atoms with Gasteiger partial charge in [0, 0.05) is 11.8 Å². The van der Waals surface area contributed by atoms with Crippen molar-refractivity contribution in [3.63, 3.8) is 0 Å². The molecule has 0 bridgehead atoms. The molecular formula is C22H19FN2O4S. The maximum Gasteiger partial charge on any atom is 0.262 e. The Bertz CT molecular complexity index is 1180. The third-order valence-corrected chi connectivity index (χ3v) is 5.44. The molecule has 3 aromatic carbocycles. The predicted molar refractivity (Wildman–Crippen MR) is 114 cm³/mol. The van der Waals surface area contributed by atoms with Crippen LogP contribution in [0.3, 0.4) is 0 Å². The van der Waals surface area contributed by atoms with E-state index < -0.39 is 21.7 Å². The number of halogens is 1. The quantitative estimate of drug-likeness (QED) is 0.552. The number of para-hydroxylation sites is 2. The molecule has 6 nitrogen and oxygen atoms in total. The van der Waals surface area contributed by atoms with Crippen LogP contribution in [0.25, 0.3) is 6.08 Å². The number of hydrogen-bond acceptors (Lipinski definition) is 4. The van der Waals surface area contributed by atoms with E-state index in [0.717, 1.165) is 0 Å². The zero-order chi connectivity index (χ0) is 21.6. The summed E-state index contributed by atoms with van der Waals surface area (Å²) < 4.78 is 46.0. The molecule has 0 fully saturated rings. The van der Waals surface area contributed by atoms with Crippen molar-refractivity contribution in [1.29, 1.82) is 0 Å². The zero-order valence-electron chi connectivity index (χ0n) is 16.0. The second kappa shape index (κ2) is 9.23. The van der Waals surface area contributed by atoms with Gasteiger partial charge >= 0.3 is 0 Å². The molecule has 0 aliphatic rings. The van der Waals surface area contributed by atoms with E-state index in [1.165, 1.54) is 49.6 Å². The fraction of sp³-hybridized carbons (Fsp3) is 0.0455. The van der Waals surface area contributed by atoms with Gasteiger partial charge in [-0.25, -0.2) is 12.8 Å². The average Bonchev–Trinajstić information content (AvgIpc) is 2.73. The Balaban J connectivity index is 1.68. The summed E-state index contributed by atoms with van der Waals surface area (Å²) in [7, 11) is -2.35. The fourth-order valence-electron chi connectivity index (χ4n) is 2.61. The molecule has 0 aromatic heterocycles. The molecule has 1 amide bonds. The van der Waals surface area contributed by atoms with Gasteiger partial charge in [0.05, 0.1) is 17.7 Å². The molecule has 0 unspecified atom stereocenters. The average molecular weight is 426 g/mol. The van der Waals surface area contributed by atoms with Crippen molar-refractivity contribution in [1.82, 2.24) is 0 Å². The van der Waals surface area contributed by atoms with E-state index in [1.807, 2.05) is 0 Å². The highest BCUT2D eigenvalue weighted by Crippen LogP contribution is 2.26. The van der Waals surface area contributed by atoms with Crippen LogP contribution in [0, 0.1) is 5.82 Å². The van der Waals surface area contributed by atoms with Crippen LogP contribution in [0.2, 0.25) is 0 Å². The molecule has 2 N–H and O–H groups in total. The fourth-order valence-corrected chi connectivity index (χ4v) is 3.68. The highest BCUT2D eigenvalue weighted by Gasteiger charge is 2.16. The number of nitrogens with one attached hydrogen (secondary N) is 2. The lowest BCUT2D eigenvalue weighted by Gasteiger charge is -2.11. The molecule has 0 atom stereocenters. The summed E-state index contributed by atoms with van der Waals surface area (Å²) in [6, 6.07) is 18.3. The Hall–Kier alpha value is -3.65. The summed E-state index contributed by atoms with van der Waals surface area (Å²) in [5.41, 5.74) is 1.30. The van der Waals surface area contributed by atoms with Crippen molar-refractivity contribution in [3.05, 3.63) is 90.3 Å². The van der Waals surface area contributed by atoms with Crippen molar-refractivity contribution < 1.29 is 22.3 Å². The number of anilines is 2. The molecule has 8 heteroatoms. The van der Waals surface area contributed by atoms with E-state index in [-0.39, 0.29) is 4.90 Å². The number of amides is 1. The summed E-state index contributed by atoms with van der Waals surface area (Å²) in [6.45, 7) is 0. The predicted octanol–water partition coefficient (Wildman–Crippen LogP) is 4.29. The first-order valence-electron chi connectivity index (χ1n) is 8.88. The summed E-state index contributed by atoms with van der Waals surface area (Å²) in [5, 5.41) is 2.54. The first-order chi connectivity index (χ1) is 14.4. The van der Waals surface area contributed by atoms with Crippen LogP contribution in [0.4, 0.5) is 15.8 Å². The van der Waals surface area contributed by atoms with Crippen LogP contribution in [0.5, 0.6) is 5.75 Å². The van der Waals surface area contributed by atoms with E-state index in [2.05, 4.69) is 10.0 Å². The number of hydrogen-bond donors (Lipinski definition) is 2. The highest BCUT2D eigenvalue weighted by molar-refractivity contribution is 7.92. The molecule has 0 aliphatic heterocycles. The number of rotatable bonds is 7. The van der Waals surface area contributed by atoms with Gasteiger partial charge in [0.1, 0.15) is 11.6 Å². The molecule has 154 valence electrons. The minimum atomic E-state index is -3.81. The molecule has 0 heterocycles. The Morgan fingerprint density at radius 3 is 2.43 bits per heavy atom. The van der Waals surface area contributed by atoms with Crippen molar-refractivity contribution in [2.24, 2.45) is 0 Å². The van der Waals surface area contributed by atoms with Crippen molar-refractivity contribution in [3.8, 4) is 5.75 Å². The molecule has 0 spiro atoms. The molecule has 30 heavy (non-hydrogen) atoms. The van der Waals surface area contributed by atoms with Gasteiger partial charge in [0.2, 0.25) is 5.91 Å². The van der Waals surface area contributed by atoms with Crippen LogP contribution in [-0.2, 0) is 14.8 Å². The Morgan fingerprint density at radius 1 is 1.00 bits per heavy atom. The van der Waals surface area contributed by atoms with Crippen LogP contribution in [0.1, 0.15) is 5.56 Å². The summed E-state index contributed by atoms with van der Waals surface area (Å²) in [4.78, 5) is 12.0. The minimum absolute atomic E-state index is 0.0646. The van der Waals surface area contributed by atoms with E-state index in [0.29, 0.717) is 22.7 Å². The van der Waals surface area contributed by atoms with Crippen LogP contribution < -0.4 is 14.8 Å². The van der Waals surface area contributed by atoms with Gasteiger partial charge in [-0.2, -0.15) is 0 Å². The van der Waals surface area contributed by atoms with Gasteiger partial charge < -0.3 is 10.1 Å². The molecule has 0 saturated carbocycles. The van der Waals surface area contributed by atoms with Crippen LogP contribution in [-0.4, -0.2) is 21.4 Å². The number of sulfonamides is 1. The van der Waals surface area contributed by atoms with Gasteiger partial charge in [-0.05, 0) is 54.1 Å². The number of carbonyl (C=O) groups excluding carboxylic acids is 1. The molecule has 3 rings (SSSR count). The Morgan fingerprint density at radius 2 is 1.73 bits per heavy atom. The van der Waals surface area contributed by atoms with Gasteiger partial charge in [-0.15, -0.1) is 0 Å². The first kappa shape index (κ1) is 21.1. The van der Waals surface area contributed by atoms with Crippen molar-refractivity contribution >= 4 is 33.4 Å². The summed E-state index contributed by atoms with van der Waals surface area (Å²) in [5.74, 6) is -0.476. The van der Waals surface area contributed by atoms with Crippen LogP contribution in [0.15, 0.2) is 83.8 Å². The van der Waals surface area contributed by atoms with Gasteiger partial charge in [-0.1, -0.05) is 30.3 Å². The van der Waals surface area contributed by atoms with E-state index in [1.54, 1.807) is 42.5 Å². The molecular weight excluding hydrogens is 407 g/mol. The molecule has 0 radical (unpaired) electrons. The summed E-state index contributed by atoms with van der Waals surface area (Å²) in [6.07, 6.45) is 2.81. The lowest BCUT2D eigenvalue weighted by Crippen LogP contribution is -2.13. The van der Waals surface area contributed by atoms with Crippen molar-refractivity contribution in [2.45, 2.75) is 4.90 Å². The molecule has 3 aromatic rings. The number of ether oxygens (including phenoxy) is 1. The minimum Gasteiger partial charge on any atom is -0.495 e. The Kier molecular flexibility index (Phi) is 6.48. The van der Waals surface area contributed by atoms with E-state index in [4.69, 9.17) is 4.74 Å². The maximum absolute atomic E-state index is 13.2. The van der Waals surface area contributed by atoms with Crippen LogP contribution >= 0.6 is 0 Å². The highest BCUT2D eigenvalue weighted by atomic mass is 32.2. The second-order valence-corrected chi connectivity index (χ2v) is 7.89. The number of carbonyl (C=O) groups is 1. The Labute approximate surface area is 174 Å². The monoisotopic (exact) mass is 426 g/mol. The molecule has 0 aliphatic carbocycles. The van der Waals surface area contributed by atoms with E-state index >= 15 is 0 Å². The molecule has 0 saturated heterocycles. The smallest absolute Gasteiger partial charge is 0.262 e. The number of benzene rings is 3. The lowest BCUT2D eigenvalue weighted by atomic mass is 10.2. The van der Waals surface area contributed by atoms with Crippen molar-refractivity contribution in [2.75, 3.05) is 17.1 Å². The van der Waals surface area contributed by atoms with E-state index in [9.17, 15) is 17.6 Å². The van der Waals surface area contributed by atoms with Gasteiger partial charge in [0.15, 0.2) is 0 Å². The first-order valence-corrected chi connectivity index (χ1v) is 10.4. The normalized spacial score (nSPS) is 11.3. The van der Waals surface area contributed by atoms with Gasteiger partial charge in [-0.3, -0.25) is 9.52 Å². The standard InChI is InChI=1S/C22H19FN2O4S/c1-29-21-8-3-2-7-20(21)25-30(27,28)19-12-9-16(10-13-19)11-14-22(26)24-18-6-4-5-17(23)15-18/h2-15,25H,1H3,(H,24,26)/b14-11+. The maximum atomic E-state index is 13.2. The number of methoxy groups -OCH3 is 1. The second-order valence-electron chi connectivity index (χ2n) is 6.21.